The van der Waals surface area contributed by atoms with Crippen molar-refractivity contribution >= 4 is 11.9 Å². The van der Waals surface area contributed by atoms with Gasteiger partial charge in [0.1, 0.15) is 5.60 Å². The lowest BCUT2D eigenvalue weighted by molar-refractivity contribution is -0.161. The Bertz CT molecular complexity index is 314. The molecule has 5 heteroatoms. The van der Waals surface area contributed by atoms with Crippen molar-refractivity contribution in [3.8, 4) is 0 Å². The summed E-state index contributed by atoms with van der Waals surface area (Å²) in [6.45, 7) is 5.88. The number of carbonyl (C=O) groups is 2. The Labute approximate surface area is 115 Å². The number of esters is 2. The number of ether oxygens (including phenoxy) is 2. The molecule has 1 fully saturated rings. The third-order valence-electron chi connectivity index (χ3n) is 3.23. The van der Waals surface area contributed by atoms with Crippen molar-refractivity contribution in [2.24, 2.45) is 5.92 Å². The lowest BCUT2D eigenvalue weighted by Crippen LogP contribution is -2.39. The maximum absolute atomic E-state index is 11.9. The molecule has 0 unspecified atom stereocenters. The second kappa shape index (κ2) is 6.89. The van der Waals surface area contributed by atoms with Crippen LogP contribution in [0.15, 0.2) is 0 Å². The monoisotopic (exact) mass is 271 g/mol. The van der Waals surface area contributed by atoms with Crippen molar-refractivity contribution in [1.29, 1.82) is 0 Å². The molecule has 19 heavy (non-hydrogen) atoms. The van der Waals surface area contributed by atoms with Gasteiger partial charge in [-0.1, -0.05) is 0 Å². The molecule has 110 valence electrons. The highest BCUT2D eigenvalue weighted by atomic mass is 16.6. The van der Waals surface area contributed by atoms with Crippen molar-refractivity contribution in [2.75, 3.05) is 13.7 Å². The van der Waals surface area contributed by atoms with Gasteiger partial charge in [-0.15, -0.1) is 0 Å². The normalized spacial score (nSPS) is 23.8. The Hall–Kier alpha value is -1.10. The van der Waals surface area contributed by atoms with Gasteiger partial charge in [0.2, 0.25) is 0 Å². The molecular formula is C14H25NO4. The third kappa shape index (κ3) is 6.05. The first-order valence-corrected chi connectivity index (χ1v) is 6.85. The van der Waals surface area contributed by atoms with E-state index in [1.165, 1.54) is 7.11 Å². The molecule has 0 aromatic heterocycles. The minimum absolute atomic E-state index is 0.00426. The Morgan fingerprint density at radius 2 is 1.74 bits per heavy atom. The zero-order valence-electron chi connectivity index (χ0n) is 12.3. The van der Waals surface area contributed by atoms with E-state index in [2.05, 4.69) is 10.1 Å². The maximum Gasteiger partial charge on any atom is 0.319 e. The molecule has 0 radical (unpaired) electrons. The van der Waals surface area contributed by atoms with Crippen molar-refractivity contribution < 1.29 is 19.1 Å². The van der Waals surface area contributed by atoms with Crippen LogP contribution in [0, 0.1) is 5.92 Å². The summed E-state index contributed by atoms with van der Waals surface area (Å²) in [5.74, 6) is -0.358. The molecule has 0 aromatic rings. The van der Waals surface area contributed by atoms with Gasteiger partial charge in [-0.05, 0) is 46.5 Å². The Kier molecular flexibility index (Phi) is 5.79. The standard InChI is InChI=1S/C14H25NO4/c1-14(2,3)19-13(17)10-5-7-11(8-6-10)15-9-12(16)18-4/h10-11,15H,5-9H2,1-4H3. The van der Waals surface area contributed by atoms with Crippen LogP contribution in [0.3, 0.4) is 0 Å². The maximum atomic E-state index is 11.9. The molecule has 0 spiro atoms. The van der Waals surface area contributed by atoms with Crippen LogP contribution in [-0.2, 0) is 19.1 Å². The van der Waals surface area contributed by atoms with E-state index in [1.54, 1.807) is 0 Å². The largest absolute Gasteiger partial charge is 0.468 e. The Morgan fingerprint density at radius 1 is 1.16 bits per heavy atom. The summed E-state index contributed by atoms with van der Waals surface area (Å²) in [6, 6.07) is 0.290. The molecule has 0 bridgehead atoms. The van der Waals surface area contributed by atoms with E-state index < -0.39 is 5.60 Å². The third-order valence-corrected chi connectivity index (χ3v) is 3.23. The fourth-order valence-electron chi connectivity index (χ4n) is 2.22. The molecule has 0 aromatic carbocycles. The van der Waals surface area contributed by atoms with Gasteiger partial charge in [-0.2, -0.15) is 0 Å². The van der Waals surface area contributed by atoms with E-state index in [0.717, 1.165) is 25.7 Å². The SMILES string of the molecule is COC(=O)CNC1CCC(C(=O)OC(C)(C)C)CC1. The molecular weight excluding hydrogens is 246 g/mol. The van der Waals surface area contributed by atoms with E-state index in [-0.39, 0.29) is 30.4 Å². The van der Waals surface area contributed by atoms with Gasteiger partial charge in [-0.3, -0.25) is 9.59 Å². The first-order chi connectivity index (χ1) is 8.81. The predicted molar refractivity (Wildman–Crippen MR) is 71.6 cm³/mol. The average Bonchev–Trinajstić information content (AvgIpc) is 2.34. The molecule has 1 rings (SSSR count). The number of hydrogen-bond donors (Lipinski definition) is 1. The summed E-state index contributed by atoms with van der Waals surface area (Å²) in [7, 11) is 1.38. The van der Waals surface area contributed by atoms with Crippen LogP contribution < -0.4 is 5.32 Å². The molecule has 0 aliphatic heterocycles. The van der Waals surface area contributed by atoms with Gasteiger partial charge in [0.15, 0.2) is 0 Å². The van der Waals surface area contributed by atoms with Crippen LogP contribution in [0.2, 0.25) is 0 Å². The van der Waals surface area contributed by atoms with Crippen molar-refractivity contribution in [3.05, 3.63) is 0 Å². The minimum atomic E-state index is -0.420. The van der Waals surface area contributed by atoms with Gasteiger partial charge < -0.3 is 14.8 Å². The summed E-state index contributed by atoms with van der Waals surface area (Å²) in [4.78, 5) is 22.9. The van der Waals surface area contributed by atoms with Gasteiger partial charge in [0.05, 0.1) is 19.6 Å². The van der Waals surface area contributed by atoms with Crippen LogP contribution >= 0.6 is 0 Å². The zero-order valence-corrected chi connectivity index (χ0v) is 12.3. The fraction of sp³-hybridized carbons (Fsp3) is 0.857. The quantitative estimate of drug-likeness (QED) is 0.788. The topological polar surface area (TPSA) is 64.6 Å². The lowest BCUT2D eigenvalue weighted by atomic mass is 9.86. The van der Waals surface area contributed by atoms with Crippen LogP contribution in [0.1, 0.15) is 46.5 Å². The van der Waals surface area contributed by atoms with E-state index >= 15 is 0 Å². The van der Waals surface area contributed by atoms with Gasteiger partial charge >= 0.3 is 11.9 Å². The number of carbonyl (C=O) groups excluding carboxylic acids is 2. The number of nitrogens with one attached hydrogen (secondary N) is 1. The van der Waals surface area contributed by atoms with Crippen LogP contribution in [0.4, 0.5) is 0 Å². The van der Waals surface area contributed by atoms with E-state index in [9.17, 15) is 9.59 Å². The Morgan fingerprint density at radius 3 is 2.21 bits per heavy atom. The summed E-state index contributed by atoms with van der Waals surface area (Å²) >= 11 is 0. The van der Waals surface area contributed by atoms with E-state index in [0.29, 0.717) is 0 Å². The first-order valence-electron chi connectivity index (χ1n) is 6.85. The van der Waals surface area contributed by atoms with Crippen molar-refractivity contribution in [2.45, 2.75) is 58.1 Å². The second-order valence-electron chi connectivity index (χ2n) is 6.04. The molecule has 1 N–H and O–H groups in total. The second-order valence-corrected chi connectivity index (χ2v) is 6.04. The molecule has 5 nitrogen and oxygen atoms in total. The Balaban J connectivity index is 2.29. The van der Waals surface area contributed by atoms with Gasteiger partial charge in [-0.25, -0.2) is 0 Å². The molecule has 1 saturated carbocycles. The average molecular weight is 271 g/mol. The fourth-order valence-corrected chi connectivity index (χ4v) is 2.22. The highest BCUT2D eigenvalue weighted by Gasteiger charge is 2.29. The van der Waals surface area contributed by atoms with E-state index in [4.69, 9.17) is 4.74 Å². The summed E-state index contributed by atoms with van der Waals surface area (Å²) in [5, 5.41) is 3.15. The number of hydrogen-bond acceptors (Lipinski definition) is 5. The molecule has 1 aliphatic rings. The molecule has 0 atom stereocenters. The van der Waals surface area contributed by atoms with Crippen LogP contribution in [0.25, 0.3) is 0 Å². The highest BCUT2D eigenvalue weighted by Crippen LogP contribution is 2.26. The van der Waals surface area contributed by atoms with Gasteiger partial charge in [0.25, 0.3) is 0 Å². The van der Waals surface area contributed by atoms with E-state index in [1.807, 2.05) is 20.8 Å². The summed E-state index contributed by atoms with van der Waals surface area (Å²) in [6.07, 6.45) is 3.41. The van der Waals surface area contributed by atoms with Crippen LogP contribution in [-0.4, -0.2) is 37.2 Å². The molecule has 1 aliphatic carbocycles. The number of rotatable bonds is 4. The predicted octanol–water partition coefficient (Wildman–Crippen LogP) is 1.65. The van der Waals surface area contributed by atoms with Crippen molar-refractivity contribution in [1.82, 2.24) is 5.32 Å². The van der Waals surface area contributed by atoms with Crippen molar-refractivity contribution in [3.63, 3.8) is 0 Å². The zero-order chi connectivity index (χ0) is 14.5. The highest BCUT2D eigenvalue weighted by molar-refractivity contribution is 5.73. The smallest absolute Gasteiger partial charge is 0.319 e. The first kappa shape index (κ1) is 16.0. The summed E-state index contributed by atoms with van der Waals surface area (Å²) in [5.41, 5.74) is -0.420. The molecule has 0 heterocycles. The van der Waals surface area contributed by atoms with Crippen LogP contribution in [0.5, 0.6) is 0 Å². The minimum Gasteiger partial charge on any atom is -0.468 e. The molecule has 0 amide bonds. The van der Waals surface area contributed by atoms with Gasteiger partial charge in [0, 0.05) is 6.04 Å². The lowest BCUT2D eigenvalue weighted by Gasteiger charge is -2.30. The molecule has 0 saturated heterocycles. The summed E-state index contributed by atoms with van der Waals surface area (Å²) < 4.78 is 9.97. The number of methoxy groups -OCH3 is 1.